The van der Waals surface area contributed by atoms with Crippen molar-refractivity contribution in [3.63, 3.8) is 0 Å². The zero-order valence-electron chi connectivity index (χ0n) is 16.1. The molecule has 1 saturated heterocycles. The minimum absolute atomic E-state index is 0.00648. The number of aromatic amines is 1. The summed E-state index contributed by atoms with van der Waals surface area (Å²) in [6.45, 7) is 3.47. The summed E-state index contributed by atoms with van der Waals surface area (Å²) in [4.78, 5) is 2.41. The third-order valence-corrected chi connectivity index (χ3v) is 5.97. The predicted octanol–water partition coefficient (Wildman–Crippen LogP) is 4.67. The number of hydrogen-bond donors (Lipinski definition) is 1. The molecule has 4 nitrogen and oxygen atoms in total. The zero-order valence-corrected chi connectivity index (χ0v) is 16.1. The molecule has 3 aromatic rings. The van der Waals surface area contributed by atoms with Gasteiger partial charge in [0.15, 0.2) is 0 Å². The minimum Gasteiger partial charge on any atom is -0.493 e. The normalized spacial score (nSPS) is 19.2. The van der Waals surface area contributed by atoms with Gasteiger partial charge in [-0.05, 0) is 48.7 Å². The molecule has 0 unspecified atom stereocenters. The number of aromatic nitrogens is 2. The Hall–Kier alpha value is -2.73. The molecule has 0 bridgehead atoms. The lowest BCUT2D eigenvalue weighted by Crippen LogP contribution is -2.34. The number of H-pyrrole nitrogens is 1. The highest BCUT2D eigenvalue weighted by Crippen LogP contribution is 2.36. The Morgan fingerprint density at radius 1 is 1.17 bits per heavy atom. The van der Waals surface area contributed by atoms with Crippen LogP contribution >= 0.6 is 0 Å². The number of hydrogen-bond acceptors (Lipinski definition) is 3. The number of piperidine rings is 1. The van der Waals surface area contributed by atoms with Crippen LogP contribution in [-0.4, -0.2) is 34.8 Å². The van der Waals surface area contributed by atoms with Crippen LogP contribution in [0.1, 0.15) is 35.6 Å². The Bertz CT molecular complexity index is 1010. The molecule has 1 N–H and O–H groups in total. The van der Waals surface area contributed by atoms with Gasteiger partial charge in [0, 0.05) is 36.7 Å². The van der Waals surface area contributed by atoms with E-state index >= 15 is 0 Å². The summed E-state index contributed by atoms with van der Waals surface area (Å²) < 4.78 is 34.3. The first-order chi connectivity index (χ1) is 14.2. The van der Waals surface area contributed by atoms with Gasteiger partial charge in [-0.1, -0.05) is 18.2 Å². The first kappa shape index (κ1) is 18.3. The summed E-state index contributed by atoms with van der Waals surface area (Å²) in [6, 6.07) is 10.4. The number of ether oxygens (including phenoxy) is 1. The van der Waals surface area contributed by atoms with Crippen LogP contribution < -0.4 is 4.74 Å². The molecule has 5 rings (SSSR count). The minimum atomic E-state index is -0.555. The van der Waals surface area contributed by atoms with Gasteiger partial charge in [0.2, 0.25) is 0 Å². The van der Waals surface area contributed by atoms with E-state index in [1.807, 2.05) is 0 Å². The summed E-state index contributed by atoms with van der Waals surface area (Å²) in [5.74, 6) is 0.0543. The Morgan fingerprint density at radius 2 is 2.03 bits per heavy atom. The van der Waals surface area contributed by atoms with Gasteiger partial charge in [-0.2, -0.15) is 5.10 Å². The molecule has 0 spiro atoms. The maximum atomic E-state index is 14.3. The van der Waals surface area contributed by atoms with Crippen molar-refractivity contribution in [3.05, 3.63) is 71.1 Å². The van der Waals surface area contributed by atoms with Gasteiger partial charge in [0.25, 0.3) is 0 Å². The highest BCUT2D eigenvalue weighted by atomic mass is 19.1. The number of benzene rings is 2. The molecular weight excluding hydrogens is 372 g/mol. The molecule has 3 heterocycles. The molecule has 0 radical (unpaired) electrons. The summed E-state index contributed by atoms with van der Waals surface area (Å²) in [5.41, 5.74) is 3.91. The van der Waals surface area contributed by atoms with Crippen LogP contribution in [0.5, 0.6) is 5.75 Å². The average Bonchev–Trinajstić information content (AvgIpc) is 3.37. The Kier molecular flexibility index (Phi) is 4.79. The smallest absolute Gasteiger partial charge is 0.134 e. The number of rotatable bonds is 4. The zero-order chi connectivity index (χ0) is 19.8. The lowest BCUT2D eigenvalue weighted by molar-refractivity contribution is 0.198. The first-order valence-corrected chi connectivity index (χ1v) is 10.1. The summed E-state index contributed by atoms with van der Waals surface area (Å²) in [6.07, 6.45) is 4.52. The molecule has 2 aliphatic heterocycles. The number of fused-ring (bicyclic) bond motifs is 1. The SMILES string of the molecule is Fc1cccc(F)c1-c1cn[nH]c1[C@H]1CCCN(Cc2ccc3c(c2)CCO3)C1. The molecule has 0 aliphatic carbocycles. The molecule has 1 fully saturated rings. The third kappa shape index (κ3) is 3.53. The van der Waals surface area contributed by atoms with E-state index in [0.717, 1.165) is 56.9 Å². The number of nitrogens with zero attached hydrogens (tertiary/aromatic N) is 2. The van der Waals surface area contributed by atoms with Gasteiger partial charge in [0.05, 0.1) is 18.4 Å². The molecule has 2 aliphatic rings. The molecule has 0 saturated carbocycles. The van der Waals surface area contributed by atoms with Gasteiger partial charge in [-0.25, -0.2) is 8.78 Å². The molecule has 29 heavy (non-hydrogen) atoms. The summed E-state index contributed by atoms with van der Waals surface area (Å²) in [5, 5.41) is 7.13. The van der Waals surface area contributed by atoms with Crippen molar-refractivity contribution < 1.29 is 13.5 Å². The lowest BCUT2D eigenvalue weighted by Gasteiger charge is -2.32. The Morgan fingerprint density at radius 3 is 2.90 bits per heavy atom. The summed E-state index contributed by atoms with van der Waals surface area (Å²) >= 11 is 0. The fourth-order valence-electron chi connectivity index (χ4n) is 4.59. The fourth-order valence-corrected chi connectivity index (χ4v) is 4.59. The van der Waals surface area contributed by atoms with E-state index in [1.54, 1.807) is 0 Å². The molecular formula is C23H23F2N3O. The quantitative estimate of drug-likeness (QED) is 0.698. The average molecular weight is 395 g/mol. The van der Waals surface area contributed by atoms with Gasteiger partial charge in [0.1, 0.15) is 17.4 Å². The highest BCUT2D eigenvalue weighted by Gasteiger charge is 2.27. The van der Waals surface area contributed by atoms with E-state index < -0.39 is 11.6 Å². The van der Waals surface area contributed by atoms with E-state index in [0.29, 0.717) is 5.56 Å². The van der Waals surface area contributed by atoms with Gasteiger partial charge >= 0.3 is 0 Å². The first-order valence-electron chi connectivity index (χ1n) is 10.1. The lowest BCUT2D eigenvalue weighted by atomic mass is 9.90. The van der Waals surface area contributed by atoms with E-state index in [9.17, 15) is 8.78 Å². The standard InChI is InChI=1S/C23H23F2N3O/c24-19-4-1-5-20(25)22(19)18-12-26-27-23(18)17-3-2-9-28(14-17)13-15-6-7-21-16(11-15)8-10-29-21/h1,4-7,11-12,17H,2-3,8-10,13-14H2,(H,26,27)/t17-/m0/s1. The van der Waals surface area contributed by atoms with Crippen LogP contribution in [0.4, 0.5) is 8.78 Å². The van der Waals surface area contributed by atoms with Crippen LogP contribution in [0.3, 0.4) is 0 Å². The molecule has 1 aromatic heterocycles. The fraction of sp³-hybridized carbons (Fsp3) is 0.348. The number of nitrogens with one attached hydrogen (secondary N) is 1. The largest absolute Gasteiger partial charge is 0.493 e. The predicted molar refractivity (Wildman–Crippen MR) is 107 cm³/mol. The van der Waals surface area contributed by atoms with Crippen molar-refractivity contribution in [2.24, 2.45) is 0 Å². The second-order valence-electron chi connectivity index (χ2n) is 7.91. The number of likely N-dealkylation sites (tertiary alicyclic amines) is 1. The van der Waals surface area contributed by atoms with Gasteiger partial charge < -0.3 is 4.74 Å². The second kappa shape index (κ2) is 7.59. The van der Waals surface area contributed by atoms with E-state index in [4.69, 9.17) is 4.74 Å². The molecule has 6 heteroatoms. The summed E-state index contributed by atoms with van der Waals surface area (Å²) in [7, 11) is 0. The monoisotopic (exact) mass is 395 g/mol. The van der Waals surface area contributed by atoms with Gasteiger partial charge in [-0.15, -0.1) is 0 Å². The molecule has 2 aromatic carbocycles. The molecule has 1 atom stereocenters. The second-order valence-corrected chi connectivity index (χ2v) is 7.91. The van der Waals surface area contributed by atoms with Crippen LogP contribution in [-0.2, 0) is 13.0 Å². The van der Waals surface area contributed by atoms with Crippen LogP contribution in [0, 0.1) is 11.6 Å². The van der Waals surface area contributed by atoms with E-state index in [1.165, 1.54) is 35.5 Å². The van der Waals surface area contributed by atoms with Crippen molar-refractivity contribution in [2.75, 3.05) is 19.7 Å². The topological polar surface area (TPSA) is 41.2 Å². The number of halogens is 2. The molecule has 150 valence electrons. The van der Waals surface area contributed by atoms with Gasteiger partial charge in [-0.3, -0.25) is 10.00 Å². The van der Waals surface area contributed by atoms with E-state index in [2.05, 4.69) is 33.3 Å². The van der Waals surface area contributed by atoms with Crippen molar-refractivity contribution in [2.45, 2.75) is 31.7 Å². The Balaban J connectivity index is 1.36. The van der Waals surface area contributed by atoms with Crippen LogP contribution in [0.25, 0.3) is 11.1 Å². The third-order valence-electron chi connectivity index (χ3n) is 5.97. The van der Waals surface area contributed by atoms with Crippen LogP contribution in [0.15, 0.2) is 42.6 Å². The van der Waals surface area contributed by atoms with Crippen LogP contribution in [0.2, 0.25) is 0 Å². The molecule has 0 amide bonds. The van der Waals surface area contributed by atoms with Crippen molar-refractivity contribution >= 4 is 0 Å². The van der Waals surface area contributed by atoms with Crippen molar-refractivity contribution in [3.8, 4) is 16.9 Å². The maximum Gasteiger partial charge on any atom is 0.134 e. The maximum absolute atomic E-state index is 14.3. The van der Waals surface area contributed by atoms with E-state index in [-0.39, 0.29) is 11.5 Å². The van der Waals surface area contributed by atoms with Crippen molar-refractivity contribution in [1.82, 2.24) is 15.1 Å². The Labute approximate surface area is 168 Å². The highest BCUT2D eigenvalue weighted by molar-refractivity contribution is 5.67. The van der Waals surface area contributed by atoms with Crippen molar-refractivity contribution in [1.29, 1.82) is 0 Å².